The van der Waals surface area contributed by atoms with Crippen LogP contribution in [0.1, 0.15) is 290 Å². The molecule has 0 heterocycles. The van der Waals surface area contributed by atoms with Crippen molar-refractivity contribution >= 4 is 36.4 Å². The lowest BCUT2D eigenvalue weighted by Crippen LogP contribution is -2.51. The number of esters is 3. The fourth-order valence-electron chi connectivity index (χ4n) is 8.70. The number of carbonyl (C=O) groups excluding carboxylic acids is 4. The van der Waals surface area contributed by atoms with Crippen LogP contribution < -0.4 is 0 Å². The molecule has 0 N–H and O–H groups in total. The summed E-state index contributed by atoms with van der Waals surface area (Å²) in [5, 5.41) is 0. The maximum atomic E-state index is 13.8. The van der Waals surface area contributed by atoms with Gasteiger partial charge < -0.3 is 19.1 Å². The molecule has 0 spiro atoms. The van der Waals surface area contributed by atoms with Crippen LogP contribution in [-0.2, 0) is 33.4 Å². The maximum Gasteiger partial charge on any atom is 0.329 e. The lowest BCUT2D eigenvalue weighted by molar-refractivity contribution is -0.164. The topological polar surface area (TPSA) is 99.2 Å². The highest BCUT2D eigenvalue weighted by Gasteiger charge is 2.33. The lowest BCUT2D eigenvalue weighted by Gasteiger charge is -2.32. The molecule has 0 aromatic carbocycles. The first kappa shape index (κ1) is 62.2. The number of unbranched alkanes of at least 4 members (excludes halogenated alkanes) is 36. The minimum Gasteiger partial charge on any atom is -0.467 e. The van der Waals surface area contributed by atoms with Crippen molar-refractivity contribution in [1.82, 2.24) is 4.90 Å². The summed E-state index contributed by atoms with van der Waals surface area (Å²) in [7, 11) is 1.30. The molecule has 9 heteroatoms. The van der Waals surface area contributed by atoms with Gasteiger partial charge in [0.1, 0.15) is 12.6 Å². The van der Waals surface area contributed by atoms with Gasteiger partial charge in [0.2, 0.25) is 5.91 Å². The van der Waals surface area contributed by atoms with Crippen molar-refractivity contribution in [3.63, 3.8) is 0 Å². The highest BCUT2D eigenvalue weighted by molar-refractivity contribution is 7.80. The van der Waals surface area contributed by atoms with Gasteiger partial charge in [0.25, 0.3) is 0 Å². The molecular weight excluding hydrogens is 819 g/mol. The van der Waals surface area contributed by atoms with Crippen molar-refractivity contribution in [2.24, 2.45) is 0 Å². The molecule has 0 radical (unpaired) electrons. The highest BCUT2D eigenvalue weighted by atomic mass is 32.1. The molecule has 0 aromatic heterocycles. The second-order valence-electron chi connectivity index (χ2n) is 19.0. The number of hydrogen-bond acceptors (Lipinski definition) is 8. The molecule has 0 rings (SSSR count). The molecule has 0 bridgehead atoms. The van der Waals surface area contributed by atoms with Gasteiger partial charge in [0.05, 0.1) is 13.7 Å². The first-order valence-corrected chi connectivity index (χ1v) is 28.3. The average Bonchev–Trinajstić information content (AvgIpc) is 3.29. The van der Waals surface area contributed by atoms with Crippen molar-refractivity contribution in [3.05, 3.63) is 0 Å². The number of rotatable bonds is 50. The summed E-state index contributed by atoms with van der Waals surface area (Å²) in [5.74, 6) is -1.40. The standard InChI is InChI=1S/C55H105NO7S/c1-5-8-11-14-17-20-23-26-29-32-35-38-41-44-52(57)56(51(49-64)55(60)61-4)47-50(63-54(59)46-43-40-37-34-31-28-25-22-19-16-13-10-7-3)48-62-53(58)45-42-39-36-33-30-27-24-21-18-15-12-9-6-2/h50-51,64H,5-49H2,1-4H3. The van der Waals surface area contributed by atoms with Gasteiger partial charge >= 0.3 is 17.9 Å². The van der Waals surface area contributed by atoms with E-state index in [0.29, 0.717) is 12.8 Å². The first-order chi connectivity index (χ1) is 31.3. The lowest BCUT2D eigenvalue weighted by atomic mass is 10.0. The van der Waals surface area contributed by atoms with Crippen molar-refractivity contribution < 1.29 is 33.4 Å². The molecule has 0 aromatic rings. The summed E-state index contributed by atoms with van der Waals surface area (Å²) in [5.41, 5.74) is 0. The monoisotopic (exact) mass is 924 g/mol. The van der Waals surface area contributed by atoms with Crippen LogP contribution in [-0.4, -0.2) is 66.9 Å². The van der Waals surface area contributed by atoms with Gasteiger partial charge in [-0.2, -0.15) is 12.6 Å². The van der Waals surface area contributed by atoms with Crippen LogP contribution in [0.15, 0.2) is 0 Å². The second kappa shape index (κ2) is 49.1. The largest absolute Gasteiger partial charge is 0.467 e. The number of amides is 1. The van der Waals surface area contributed by atoms with Gasteiger partial charge in [-0.25, -0.2) is 4.79 Å². The minimum atomic E-state index is -0.938. The van der Waals surface area contributed by atoms with E-state index in [1.54, 1.807) is 0 Å². The second-order valence-corrected chi connectivity index (χ2v) is 19.4. The van der Waals surface area contributed by atoms with Crippen molar-refractivity contribution in [1.29, 1.82) is 0 Å². The van der Waals surface area contributed by atoms with E-state index in [4.69, 9.17) is 14.2 Å². The SMILES string of the molecule is CCCCCCCCCCCCCCCC(=O)OCC(CN(C(=O)CCCCCCCCCCCCCCC)C(CS)C(=O)OC)OC(=O)CCCCCCCCCCCCCCC. The number of hydrogen-bond donors (Lipinski definition) is 1. The molecule has 0 aliphatic rings. The number of thiol groups is 1. The Balaban J connectivity index is 5.09. The quantitative estimate of drug-likeness (QED) is 0.0281. The van der Waals surface area contributed by atoms with Gasteiger partial charge in [0.15, 0.2) is 6.10 Å². The van der Waals surface area contributed by atoms with Gasteiger partial charge in [0, 0.05) is 25.0 Å². The summed E-state index contributed by atoms with van der Waals surface area (Å²) in [4.78, 5) is 54.4. The van der Waals surface area contributed by atoms with Gasteiger partial charge in [-0.3, -0.25) is 14.4 Å². The molecule has 0 aliphatic carbocycles. The van der Waals surface area contributed by atoms with Crippen LogP contribution in [0.3, 0.4) is 0 Å². The number of ether oxygens (including phenoxy) is 3. The molecule has 0 saturated heterocycles. The summed E-state index contributed by atoms with van der Waals surface area (Å²) >= 11 is 4.44. The third-order valence-electron chi connectivity index (χ3n) is 12.9. The van der Waals surface area contributed by atoms with Crippen LogP contribution in [0.25, 0.3) is 0 Å². The van der Waals surface area contributed by atoms with Crippen LogP contribution in [0.5, 0.6) is 0 Å². The molecule has 64 heavy (non-hydrogen) atoms. The maximum absolute atomic E-state index is 13.8. The Hall–Kier alpha value is -1.77. The molecule has 0 saturated carbocycles. The Labute approximate surface area is 401 Å². The summed E-state index contributed by atoms with van der Waals surface area (Å²) in [6.45, 7) is 6.55. The average molecular weight is 925 g/mol. The zero-order valence-corrected chi connectivity index (χ0v) is 43.6. The van der Waals surface area contributed by atoms with E-state index in [1.165, 1.54) is 198 Å². The number of methoxy groups -OCH3 is 1. The normalized spacial score (nSPS) is 12.3. The fourth-order valence-corrected chi connectivity index (χ4v) is 9.04. The van der Waals surface area contributed by atoms with Crippen LogP contribution >= 0.6 is 12.6 Å². The van der Waals surface area contributed by atoms with E-state index >= 15 is 0 Å². The summed E-state index contributed by atoms with van der Waals surface area (Å²) < 4.78 is 16.7. The molecule has 2 atom stereocenters. The fraction of sp³-hybridized carbons (Fsp3) is 0.927. The molecule has 378 valence electrons. The molecule has 1 amide bonds. The minimum absolute atomic E-state index is 0.0615. The van der Waals surface area contributed by atoms with Crippen molar-refractivity contribution in [2.75, 3.05) is 26.0 Å². The van der Waals surface area contributed by atoms with Crippen molar-refractivity contribution in [2.45, 2.75) is 303 Å². The van der Waals surface area contributed by atoms with Crippen molar-refractivity contribution in [3.8, 4) is 0 Å². The van der Waals surface area contributed by atoms with E-state index in [-0.39, 0.29) is 49.6 Å². The molecule has 8 nitrogen and oxygen atoms in total. The predicted octanol–water partition coefficient (Wildman–Crippen LogP) is 16.2. The molecule has 2 unspecified atom stereocenters. The van der Waals surface area contributed by atoms with E-state index in [9.17, 15) is 19.2 Å². The third-order valence-corrected chi connectivity index (χ3v) is 13.3. The Morgan fingerprint density at radius 3 is 1.03 bits per heavy atom. The highest BCUT2D eigenvalue weighted by Crippen LogP contribution is 2.19. The first-order valence-electron chi connectivity index (χ1n) is 27.7. The predicted molar refractivity (Wildman–Crippen MR) is 273 cm³/mol. The smallest absolute Gasteiger partial charge is 0.329 e. The summed E-state index contributed by atoms with van der Waals surface area (Å²) in [6.07, 6.45) is 47.5. The Morgan fingerprint density at radius 1 is 0.422 bits per heavy atom. The zero-order chi connectivity index (χ0) is 47.0. The Bertz CT molecular complexity index is 1060. The van der Waals surface area contributed by atoms with Crippen LogP contribution in [0.4, 0.5) is 0 Å². The van der Waals surface area contributed by atoms with E-state index in [2.05, 4.69) is 33.4 Å². The van der Waals surface area contributed by atoms with E-state index in [1.807, 2.05) is 0 Å². The van der Waals surface area contributed by atoms with Gasteiger partial charge in [-0.1, -0.05) is 252 Å². The Kier molecular flexibility index (Phi) is 47.8. The number of carbonyl (C=O) groups is 4. The van der Waals surface area contributed by atoms with Crippen LogP contribution in [0.2, 0.25) is 0 Å². The summed E-state index contributed by atoms with van der Waals surface area (Å²) in [6, 6.07) is -0.938. The molecule has 0 aliphatic heterocycles. The number of nitrogens with zero attached hydrogens (tertiary/aromatic N) is 1. The van der Waals surface area contributed by atoms with E-state index < -0.39 is 18.1 Å². The van der Waals surface area contributed by atoms with E-state index in [0.717, 1.165) is 57.8 Å². The Morgan fingerprint density at radius 2 is 0.719 bits per heavy atom. The molecular formula is C55H105NO7S. The van der Waals surface area contributed by atoms with Crippen LogP contribution in [0, 0.1) is 0 Å². The molecule has 0 fully saturated rings. The zero-order valence-electron chi connectivity index (χ0n) is 42.7. The third kappa shape index (κ3) is 40.5. The van der Waals surface area contributed by atoms with Gasteiger partial charge in [-0.15, -0.1) is 0 Å². The van der Waals surface area contributed by atoms with Gasteiger partial charge in [-0.05, 0) is 19.3 Å².